The second kappa shape index (κ2) is 14.7. The third kappa shape index (κ3) is 5.23. The molecule has 0 radical (unpaired) electrons. The van der Waals surface area contributed by atoms with Crippen molar-refractivity contribution in [1.82, 2.24) is 9.13 Å². The molecule has 73 heavy (non-hydrogen) atoms. The molecule has 17 rings (SSSR count). The van der Waals surface area contributed by atoms with Crippen molar-refractivity contribution in [1.29, 1.82) is 0 Å². The number of nitrogens with zero attached hydrogens (tertiary/aromatic N) is 4. The van der Waals surface area contributed by atoms with Gasteiger partial charge in [0.15, 0.2) is 0 Å². The molecule has 6 heterocycles. The fourth-order valence-electron chi connectivity index (χ4n) is 14.0. The molecular weight excluding hydrogens is 881 g/mol. The average Bonchev–Trinajstić information content (AvgIpc) is 3.99. The van der Waals surface area contributed by atoms with Gasteiger partial charge in [-0.25, -0.2) is 0 Å². The van der Waals surface area contributed by atoms with Gasteiger partial charge in [-0.15, -0.1) is 0 Å². The molecule has 4 nitrogen and oxygen atoms in total. The number of anilines is 6. The van der Waals surface area contributed by atoms with Gasteiger partial charge in [0.25, 0.3) is 6.71 Å². The smallest absolute Gasteiger partial charge is 0.252 e. The zero-order valence-electron chi connectivity index (χ0n) is 39.7. The van der Waals surface area contributed by atoms with E-state index < -0.39 is 0 Å². The summed E-state index contributed by atoms with van der Waals surface area (Å²) in [5.41, 5.74) is 26.7. The van der Waals surface area contributed by atoms with Crippen molar-refractivity contribution >= 4 is 147 Å². The van der Waals surface area contributed by atoms with E-state index in [4.69, 9.17) is 0 Å². The zero-order valence-corrected chi connectivity index (χ0v) is 39.7. The lowest BCUT2D eigenvalue weighted by Crippen LogP contribution is -2.71. The van der Waals surface area contributed by atoms with Crippen LogP contribution in [0.15, 0.2) is 249 Å². The van der Waals surface area contributed by atoms with Crippen LogP contribution in [0, 0.1) is 0 Å². The average molecular weight is 923 g/mol. The Bertz CT molecular complexity index is 4110. The van der Waals surface area contributed by atoms with Crippen LogP contribution in [0.1, 0.15) is 0 Å². The highest BCUT2D eigenvalue weighted by Gasteiger charge is 2.51. The van der Waals surface area contributed by atoms with Gasteiger partial charge in [-0.05, 0) is 111 Å². The maximum absolute atomic E-state index is 2.65. The highest BCUT2D eigenvalue weighted by atomic mass is 15.2. The van der Waals surface area contributed by atoms with Crippen LogP contribution in [0.3, 0.4) is 0 Å². The minimum atomic E-state index is -0.0599. The number of benzene rings is 11. The van der Waals surface area contributed by atoms with Crippen LogP contribution in [0.2, 0.25) is 0 Å². The molecule has 334 valence electrons. The quantitative estimate of drug-likeness (QED) is 0.164. The Kier molecular flexibility index (Phi) is 7.96. The Labute approximate surface area is 423 Å². The molecule has 0 bridgehead atoms. The molecule has 4 aliphatic heterocycles. The summed E-state index contributed by atoms with van der Waals surface area (Å²) in [5.74, 6) is 0. The molecule has 0 saturated carbocycles. The summed E-state index contributed by atoms with van der Waals surface area (Å²) < 4.78 is 4.95. The lowest BCUT2D eigenvalue weighted by Gasteiger charge is -2.51. The molecule has 0 N–H and O–H groups in total. The van der Waals surface area contributed by atoms with Crippen LogP contribution in [0.5, 0.6) is 0 Å². The van der Waals surface area contributed by atoms with Crippen molar-refractivity contribution in [3.8, 4) is 11.4 Å². The second-order valence-electron chi connectivity index (χ2n) is 20.3. The molecular formula is C66H41B3N4. The van der Waals surface area contributed by atoms with Gasteiger partial charge in [0.1, 0.15) is 0 Å². The Balaban J connectivity index is 0.993. The number of hydrogen-bond acceptors (Lipinski definition) is 2. The topological polar surface area (TPSA) is 16.3 Å². The third-order valence-corrected chi connectivity index (χ3v) is 16.8. The summed E-state index contributed by atoms with van der Waals surface area (Å²) in [4.78, 5) is 5.29. The SMILES string of the molecule is c1ccc(B2c3cc(-n4c5ccccc5c5ccccc54)ccc3N3c4ccccc4B4c5ccccc5N5c6ccc(-n7c8ccccc8c8ccccc87)cc6B(c6ccccc6)c6cc2c3c4c65)cc1. The van der Waals surface area contributed by atoms with Crippen LogP contribution >= 0.6 is 0 Å². The van der Waals surface area contributed by atoms with E-state index in [-0.39, 0.29) is 20.1 Å². The van der Waals surface area contributed by atoms with Gasteiger partial charge in [-0.1, -0.05) is 187 Å². The lowest BCUT2D eigenvalue weighted by atomic mass is 9.26. The van der Waals surface area contributed by atoms with E-state index in [1.807, 2.05) is 0 Å². The number of hydrogen-bond donors (Lipinski definition) is 0. The molecule has 0 saturated heterocycles. The maximum atomic E-state index is 2.65. The molecule has 11 aromatic carbocycles. The summed E-state index contributed by atoms with van der Waals surface area (Å²) in [6, 6.07) is 93.8. The molecule has 0 spiro atoms. The summed E-state index contributed by atoms with van der Waals surface area (Å²) in [5, 5.41) is 5.06. The van der Waals surface area contributed by atoms with E-state index in [1.54, 1.807) is 0 Å². The van der Waals surface area contributed by atoms with Crippen molar-refractivity contribution in [3.05, 3.63) is 249 Å². The first-order chi connectivity index (χ1) is 36.3. The summed E-state index contributed by atoms with van der Waals surface area (Å²) >= 11 is 0. The van der Waals surface area contributed by atoms with E-state index in [0.717, 1.165) is 11.4 Å². The minimum Gasteiger partial charge on any atom is -0.312 e. The molecule has 0 aliphatic carbocycles. The van der Waals surface area contributed by atoms with Gasteiger partial charge in [0.2, 0.25) is 13.4 Å². The van der Waals surface area contributed by atoms with Crippen molar-refractivity contribution in [3.63, 3.8) is 0 Å². The van der Waals surface area contributed by atoms with Crippen LogP contribution in [0.4, 0.5) is 34.1 Å². The molecule has 0 unspecified atom stereocenters. The van der Waals surface area contributed by atoms with Crippen molar-refractivity contribution < 1.29 is 0 Å². The van der Waals surface area contributed by atoms with E-state index in [1.165, 1.54) is 127 Å². The highest BCUT2D eigenvalue weighted by molar-refractivity contribution is 7.06. The Morgan fingerprint density at radius 2 is 0.589 bits per heavy atom. The molecule has 7 heteroatoms. The summed E-state index contributed by atoms with van der Waals surface area (Å²) in [7, 11) is 0. The van der Waals surface area contributed by atoms with Gasteiger partial charge in [0.05, 0.1) is 22.1 Å². The van der Waals surface area contributed by atoms with Crippen LogP contribution < -0.4 is 59.0 Å². The lowest BCUT2D eigenvalue weighted by molar-refractivity contribution is 1.17. The van der Waals surface area contributed by atoms with Gasteiger partial charge < -0.3 is 18.9 Å². The Morgan fingerprint density at radius 3 is 1.00 bits per heavy atom. The number of fused-ring (bicyclic) bond motifs is 16. The summed E-state index contributed by atoms with van der Waals surface area (Å²) in [6.07, 6.45) is 0. The van der Waals surface area contributed by atoms with Crippen molar-refractivity contribution in [2.75, 3.05) is 9.80 Å². The Morgan fingerprint density at radius 1 is 0.247 bits per heavy atom. The molecule has 0 fully saturated rings. The standard InChI is InChI=1S/C66H41B3N4/c1-3-19-42(20-4-1)67-52-39-44(70-56-29-13-7-23-46(56)47-24-8-14-30-57(47)70)35-37-62(52)72-60-33-17-11-27-50(60)69-51-28-12-18-34-61(51)73-63-38-36-45(71-58-31-15-9-25-48(58)49-26-10-16-32-59(49)71)40-53(63)68(43-21-5-2-6-22-43)55-41-54(67)65(72)64(69)66(55)73/h1-41H. The molecule has 0 amide bonds. The van der Waals surface area contributed by atoms with Crippen molar-refractivity contribution in [2.24, 2.45) is 0 Å². The van der Waals surface area contributed by atoms with Gasteiger partial charge in [0, 0.05) is 67.0 Å². The fraction of sp³-hybridized carbons (Fsp3) is 0. The highest BCUT2D eigenvalue weighted by Crippen LogP contribution is 2.46. The molecule has 0 atom stereocenters. The summed E-state index contributed by atoms with van der Waals surface area (Å²) in [6.45, 7) is -0.0982. The largest absolute Gasteiger partial charge is 0.312 e. The van der Waals surface area contributed by atoms with Crippen LogP contribution in [-0.2, 0) is 0 Å². The van der Waals surface area contributed by atoms with Crippen molar-refractivity contribution in [2.45, 2.75) is 0 Å². The number of aromatic nitrogens is 2. The van der Waals surface area contributed by atoms with E-state index in [2.05, 4.69) is 268 Å². The Hall–Kier alpha value is -9.19. The van der Waals surface area contributed by atoms with Gasteiger partial charge in [-0.2, -0.15) is 0 Å². The first-order valence-corrected chi connectivity index (χ1v) is 25.6. The number of para-hydroxylation sites is 6. The fourth-order valence-corrected chi connectivity index (χ4v) is 14.0. The molecule has 2 aromatic heterocycles. The monoisotopic (exact) mass is 922 g/mol. The first kappa shape index (κ1) is 39.5. The first-order valence-electron chi connectivity index (χ1n) is 25.6. The predicted molar refractivity (Wildman–Crippen MR) is 311 cm³/mol. The van der Waals surface area contributed by atoms with Crippen LogP contribution in [0.25, 0.3) is 55.0 Å². The molecule has 13 aromatic rings. The van der Waals surface area contributed by atoms with Crippen LogP contribution in [-0.4, -0.2) is 29.3 Å². The van der Waals surface area contributed by atoms with E-state index >= 15 is 0 Å². The van der Waals surface area contributed by atoms with E-state index in [9.17, 15) is 0 Å². The zero-order chi connectivity index (χ0) is 47.5. The molecule has 4 aliphatic rings. The second-order valence-corrected chi connectivity index (χ2v) is 20.3. The minimum absolute atomic E-state index is 0.0216. The van der Waals surface area contributed by atoms with Gasteiger partial charge in [-0.3, -0.25) is 0 Å². The third-order valence-electron chi connectivity index (χ3n) is 16.8. The maximum Gasteiger partial charge on any atom is 0.252 e. The normalized spacial score (nSPS) is 13.6. The predicted octanol–water partition coefficient (Wildman–Crippen LogP) is 9.62. The van der Waals surface area contributed by atoms with Gasteiger partial charge >= 0.3 is 0 Å². The number of rotatable bonds is 4. The van der Waals surface area contributed by atoms with E-state index in [0.29, 0.717) is 0 Å².